The van der Waals surface area contributed by atoms with Crippen LogP contribution < -0.4 is 14.2 Å². The second kappa shape index (κ2) is 10.9. The molecule has 7 heteroatoms. The van der Waals surface area contributed by atoms with E-state index in [1.165, 1.54) is 5.56 Å². The highest BCUT2D eigenvalue weighted by Gasteiger charge is 2.21. The predicted octanol–water partition coefficient (Wildman–Crippen LogP) is 3.20. The van der Waals surface area contributed by atoms with Gasteiger partial charge in [0.1, 0.15) is 18.5 Å². The monoisotopic (exact) mass is 474 g/mol. The lowest BCUT2D eigenvalue weighted by Gasteiger charge is -2.35. The van der Waals surface area contributed by atoms with Crippen molar-refractivity contribution in [2.45, 2.75) is 12.6 Å². The summed E-state index contributed by atoms with van der Waals surface area (Å²) < 4.78 is 16.6. The molecule has 0 saturated carbocycles. The smallest absolute Gasteiger partial charge is 0.231 e. The third-order valence-corrected chi connectivity index (χ3v) is 6.37. The Hall–Kier alpha value is -3.39. The number of benzene rings is 3. The Morgan fingerprint density at radius 3 is 2.31 bits per heavy atom. The van der Waals surface area contributed by atoms with E-state index in [1.54, 1.807) is 36.4 Å². The molecule has 2 heterocycles. The van der Waals surface area contributed by atoms with Crippen LogP contribution >= 0.6 is 0 Å². The summed E-state index contributed by atoms with van der Waals surface area (Å²) in [5.41, 5.74) is 2.49. The van der Waals surface area contributed by atoms with Gasteiger partial charge in [0.15, 0.2) is 17.3 Å². The van der Waals surface area contributed by atoms with Crippen molar-refractivity contribution >= 4 is 5.78 Å². The Morgan fingerprint density at radius 1 is 0.857 bits per heavy atom. The predicted molar refractivity (Wildman–Crippen MR) is 132 cm³/mol. The maximum absolute atomic E-state index is 12.5. The lowest BCUT2D eigenvalue weighted by Crippen LogP contribution is -2.48. The van der Waals surface area contributed by atoms with Crippen molar-refractivity contribution in [2.24, 2.45) is 0 Å². The van der Waals surface area contributed by atoms with Crippen LogP contribution in [-0.4, -0.2) is 72.9 Å². The SMILES string of the molecule is O=C(c1ccccc1)c1ccc(OC[C@H](O)CN2CCN(Cc3ccc4c(c3)OCO4)CC2)cc1. The van der Waals surface area contributed by atoms with E-state index in [-0.39, 0.29) is 12.4 Å². The summed E-state index contributed by atoms with van der Waals surface area (Å²) in [6.45, 7) is 5.64. The molecule has 0 aromatic heterocycles. The van der Waals surface area contributed by atoms with Crippen molar-refractivity contribution < 1.29 is 24.1 Å². The number of aliphatic hydroxyl groups is 1. The van der Waals surface area contributed by atoms with E-state index >= 15 is 0 Å². The molecule has 0 radical (unpaired) electrons. The minimum Gasteiger partial charge on any atom is -0.491 e. The number of ketones is 1. The number of rotatable bonds is 9. The van der Waals surface area contributed by atoms with Crippen molar-refractivity contribution in [3.8, 4) is 17.2 Å². The molecule has 2 aliphatic heterocycles. The summed E-state index contributed by atoms with van der Waals surface area (Å²) in [5, 5.41) is 10.5. The first kappa shape index (κ1) is 23.4. The molecule has 5 rings (SSSR count). The van der Waals surface area contributed by atoms with Crippen LogP contribution in [-0.2, 0) is 6.54 Å². The highest BCUT2D eigenvalue weighted by atomic mass is 16.7. The molecule has 3 aromatic carbocycles. The van der Waals surface area contributed by atoms with Gasteiger partial charge in [-0.2, -0.15) is 0 Å². The number of carbonyl (C=O) groups excluding carboxylic acids is 1. The Morgan fingerprint density at radius 2 is 1.54 bits per heavy atom. The molecule has 1 atom stereocenters. The van der Waals surface area contributed by atoms with Gasteiger partial charge in [0.25, 0.3) is 0 Å². The molecular weight excluding hydrogens is 444 g/mol. The van der Waals surface area contributed by atoms with E-state index in [1.807, 2.05) is 24.3 Å². The fourth-order valence-corrected chi connectivity index (χ4v) is 4.43. The maximum atomic E-state index is 12.5. The van der Waals surface area contributed by atoms with Gasteiger partial charge in [-0.1, -0.05) is 36.4 Å². The summed E-state index contributed by atoms with van der Waals surface area (Å²) in [5.74, 6) is 2.25. The zero-order valence-electron chi connectivity index (χ0n) is 19.6. The summed E-state index contributed by atoms with van der Waals surface area (Å²) in [7, 11) is 0. The van der Waals surface area contributed by atoms with Crippen molar-refractivity contribution in [1.29, 1.82) is 0 Å². The third kappa shape index (κ3) is 6.00. The van der Waals surface area contributed by atoms with Crippen LogP contribution in [0.4, 0.5) is 0 Å². The second-order valence-corrected chi connectivity index (χ2v) is 8.95. The van der Waals surface area contributed by atoms with Crippen molar-refractivity contribution in [3.63, 3.8) is 0 Å². The van der Waals surface area contributed by atoms with E-state index in [2.05, 4.69) is 21.9 Å². The quantitative estimate of drug-likeness (QED) is 0.478. The summed E-state index contributed by atoms with van der Waals surface area (Å²) in [6, 6.07) is 22.4. The molecule has 35 heavy (non-hydrogen) atoms. The van der Waals surface area contributed by atoms with Crippen molar-refractivity contribution in [3.05, 3.63) is 89.5 Å². The van der Waals surface area contributed by atoms with Gasteiger partial charge in [-0.15, -0.1) is 0 Å². The zero-order valence-corrected chi connectivity index (χ0v) is 19.6. The summed E-state index contributed by atoms with van der Waals surface area (Å²) in [4.78, 5) is 17.2. The van der Waals surface area contributed by atoms with Gasteiger partial charge in [0.2, 0.25) is 6.79 Å². The summed E-state index contributed by atoms with van der Waals surface area (Å²) in [6.07, 6.45) is -0.582. The first-order chi connectivity index (χ1) is 17.1. The van der Waals surface area contributed by atoms with Crippen LogP contribution in [0.2, 0.25) is 0 Å². The van der Waals surface area contributed by atoms with E-state index in [0.717, 1.165) is 44.2 Å². The van der Waals surface area contributed by atoms with Gasteiger partial charge in [0.05, 0.1) is 0 Å². The number of carbonyl (C=O) groups is 1. The van der Waals surface area contributed by atoms with Crippen LogP contribution in [0.15, 0.2) is 72.8 Å². The van der Waals surface area contributed by atoms with Crippen LogP contribution in [0.3, 0.4) is 0 Å². The molecule has 0 unspecified atom stereocenters. The molecule has 1 fully saturated rings. The molecule has 182 valence electrons. The zero-order chi connectivity index (χ0) is 24.0. The molecule has 0 spiro atoms. The van der Waals surface area contributed by atoms with Gasteiger partial charge in [-0.05, 0) is 42.0 Å². The van der Waals surface area contributed by atoms with Crippen LogP contribution in [0.1, 0.15) is 21.5 Å². The van der Waals surface area contributed by atoms with Crippen LogP contribution in [0.25, 0.3) is 0 Å². The lowest BCUT2D eigenvalue weighted by atomic mass is 10.0. The van der Waals surface area contributed by atoms with Crippen molar-refractivity contribution in [2.75, 3.05) is 46.1 Å². The molecule has 0 aliphatic carbocycles. The number of nitrogens with zero attached hydrogens (tertiary/aromatic N) is 2. The van der Waals surface area contributed by atoms with Gasteiger partial charge in [-0.3, -0.25) is 14.6 Å². The van der Waals surface area contributed by atoms with Crippen LogP contribution in [0.5, 0.6) is 17.2 Å². The molecule has 1 saturated heterocycles. The van der Waals surface area contributed by atoms with E-state index in [0.29, 0.717) is 30.2 Å². The second-order valence-electron chi connectivity index (χ2n) is 8.95. The molecular formula is C28H30N2O5. The number of ether oxygens (including phenoxy) is 3. The minimum atomic E-state index is -0.582. The van der Waals surface area contributed by atoms with Crippen LogP contribution in [0, 0.1) is 0 Å². The third-order valence-electron chi connectivity index (χ3n) is 6.37. The van der Waals surface area contributed by atoms with E-state index < -0.39 is 6.10 Å². The maximum Gasteiger partial charge on any atom is 0.231 e. The summed E-state index contributed by atoms with van der Waals surface area (Å²) >= 11 is 0. The molecule has 1 N–H and O–H groups in total. The van der Waals surface area contributed by atoms with E-state index in [4.69, 9.17) is 14.2 Å². The average molecular weight is 475 g/mol. The molecule has 0 bridgehead atoms. The Kier molecular flexibility index (Phi) is 7.28. The van der Waals surface area contributed by atoms with Gasteiger partial charge in [0, 0.05) is 50.4 Å². The van der Waals surface area contributed by atoms with Crippen molar-refractivity contribution in [1.82, 2.24) is 9.80 Å². The normalized spacial score (nSPS) is 16.7. The molecule has 0 amide bonds. The highest BCUT2D eigenvalue weighted by Crippen LogP contribution is 2.32. The first-order valence-electron chi connectivity index (χ1n) is 12.0. The minimum absolute atomic E-state index is 0.0187. The van der Waals surface area contributed by atoms with Gasteiger partial charge >= 0.3 is 0 Å². The van der Waals surface area contributed by atoms with E-state index in [9.17, 15) is 9.90 Å². The number of β-amino-alcohol motifs (C(OH)–C–C–N with tert-alkyl or cyclic N) is 1. The fraction of sp³-hybridized carbons (Fsp3) is 0.321. The topological polar surface area (TPSA) is 71.5 Å². The largest absolute Gasteiger partial charge is 0.491 e. The number of fused-ring (bicyclic) bond motifs is 1. The highest BCUT2D eigenvalue weighted by molar-refractivity contribution is 6.08. The molecule has 7 nitrogen and oxygen atoms in total. The average Bonchev–Trinajstić information content (AvgIpc) is 3.37. The molecule has 3 aromatic rings. The standard InChI is InChI=1S/C28H30N2O5/c31-24(19-33-25-9-7-23(8-10-25)28(32)22-4-2-1-3-5-22)18-30-14-12-29(13-15-30)17-21-6-11-26-27(16-21)35-20-34-26/h1-11,16,24,31H,12-15,17-20H2/t24-/m1/s1. The lowest BCUT2D eigenvalue weighted by molar-refractivity contribution is 0.0446. The molecule has 2 aliphatic rings. The first-order valence-corrected chi connectivity index (χ1v) is 12.0. The Labute approximate surface area is 205 Å². The van der Waals surface area contributed by atoms with Gasteiger partial charge in [-0.25, -0.2) is 0 Å². The number of hydrogen-bond acceptors (Lipinski definition) is 7. The Balaban J connectivity index is 1.03. The van der Waals surface area contributed by atoms with Gasteiger partial charge < -0.3 is 19.3 Å². The Bertz CT molecular complexity index is 1130. The fourth-order valence-electron chi connectivity index (χ4n) is 4.43. The number of hydrogen-bond donors (Lipinski definition) is 1. The number of piperazine rings is 1. The number of aliphatic hydroxyl groups excluding tert-OH is 1.